The summed E-state index contributed by atoms with van der Waals surface area (Å²) in [7, 11) is 3.15. The second-order valence-electron chi connectivity index (χ2n) is 7.30. The molecule has 0 atom stereocenters. The van der Waals surface area contributed by atoms with Crippen molar-refractivity contribution >= 4 is 44.5 Å². The molecule has 0 saturated heterocycles. The first kappa shape index (κ1) is 25.0. The lowest BCUT2D eigenvalue weighted by Gasteiger charge is -2.03. The molecule has 0 fully saturated rings. The fourth-order valence-corrected chi connectivity index (χ4v) is 3.84. The number of rotatable bonds is 9. The summed E-state index contributed by atoms with van der Waals surface area (Å²) < 4.78 is 10.3. The van der Waals surface area contributed by atoms with Gasteiger partial charge in [0.25, 0.3) is 5.91 Å². The largest absolute Gasteiger partial charge is 0.497 e. The SMILES string of the molecule is COc1ccc(N=Nc2sc(NC(=O)/C(C#N)=N\Nc3ccc(OC)cc3)nc2-c2ccccc2)cc1. The molecule has 1 aromatic heterocycles. The molecular formula is C26H21N7O3S. The van der Waals surface area contributed by atoms with Gasteiger partial charge in [0.2, 0.25) is 5.71 Å². The van der Waals surface area contributed by atoms with E-state index in [1.165, 1.54) is 0 Å². The standard InChI is InChI=1S/C26H21N7O3S/c1-35-20-12-8-18(9-13-20)30-32-22(16-27)24(34)29-26-28-23(17-6-4-3-5-7-17)25(37-26)33-31-19-10-14-21(36-2)15-11-19/h3-15,30H,1-2H3,(H,28,29,34)/b32-22-,33-31?. The average molecular weight is 512 g/mol. The third-order valence-corrected chi connectivity index (χ3v) is 5.77. The monoisotopic (exact) mass is 511 g/mol. The van der Waals surface area contributed by atoms with E-state index in [2.05, 4.69) is 31.1 Å². The van der Waals surface area contributed by atoms with Gasteiger partial charge in [0.1, 0.15) is 23.3 Å². The predicted molar refractivity (Wildman–Crippen MR) is 143 cm³/mol. The second-order valence-corrected chi connectivity index (χ2v) is 8.28. The van der Waals surface area contributed by atoms with Gasteiger partial charge in [-0.25, -0.2) is 4.98 Å². The molecule has 11 heteroatoms. The summed E-state index contributed by atoms with van der Waals surface area (Å²) in [5.74, 6) is 0.671. The third kappa shape index (κ3) is 6.53. The zero-order valence-corrected chi connectivity index (χ0v) is 20.7. The minimum atomic E-state index is -0.712. The van der Waals surface area contributed by atoms with Crippen LogP contribution < -0.4 is 20.2 Å². The zero-order chi connectivity index (χ0) is 26.0. The van der Waals surface area contributed by atoms with Crippen LogP contribution in [-0.2, 0) is 4.79 Å². The van der Waals surface area contributed by atoms with Crippen LogP contribution in [0.25, 0.3) is 11.3 Å². The number of nitrogens with one attached hydrogen (secondary N) is 2. The van der Waals surface area contributed by atoms with Gasteiger partial charge in [0.15, 0.2) is 10.1 Å². The average Bonchev–Trinajstić information content (AvgIpc) is 3.35. The Morgan fingerprint density at radius 3 is 2.19 bits per heavy atom. The van der Waals surface area contributed by atoms with Crippen LogP contribution in [-0.4, -0.2) is 30.8 Å². The number of ether oxygens (including phenoxy) is 2. The van der Waals surface area contributed by atoms with Crippen LogP contribution in [0.5, 0.6) is 11.5 Å². The van der Waals surface area contributed by atoms with Crippen molar-refractivity contribution in [1.29, 1.82) is 5.26 Å². The topological polar surface area (TPSA) is 133 Å². The van der Waals surface area contributed by atoms with E-state index in [-0.39, 0.29) is 10.8 Å². The van der Waals surface area contributed by atoms with Gasteiger partial charge >= 0.3 is 0 Å². The fraction of sp³-hybridized carbons (Fsp3) is 0.0769. The molecule has 10 nitrogen and oxygen atoms in total. The summed E-state index contributed by atoms with van der Waals surface area (Å²) >= 11 is 1.13. The highest BCUT2D eigenvalue weighted by Gasteiger charge is 2.18. The minimum Gasteiger partial charge on any atom is -0.497 e. The molecule has 1 amide bonds. The van der Waals surface area contributed by atoms with Crippen molar-refractivity contribution in [3.8, 4) is 28.8 Å². The van der Waals surface area contributed by atoms with Crippen LogP contribution >= 0.6 is 11.3 Å². The van der Waals surface area contributed by atoms with E-state index < -0.39 is 5.91 Å². The molecule has 184 valence electrons. The number of hydrazone groups is 1. The van der Waals surface area contributed by atoms with E-state index in [1.54, 1.807) is 68.8 Å². The first-order chi connectivity index (χ1) is 18.1. The van der Waals surface area contributed by atoms with Crippen molar-refractivity contribution in [2.24, 2.45) is 15.3 Å². The van der Waals surface area contributed by atoms with Gasteiger partial charge in [-0.15, -0.1) is 10.2 Å². The van der Waals surface area contributed by atoms with Crippen LogP contribution in [0.15, 0.2) is 94.2 Å². The number of hydrogen-bond acceptors (Lipinski definition) is 10. The molecule has 0 saturated carbocycles. The molecule has 2 N–H and O–H groups in total. The highest BCUT2D eigenvalue weighted by atomic mass is 32.1. The number of aromatic nitrogens is 1. The zero-order valence-electron chi connectivity index (χ0n) is 19.9. The summed E-state index contributed by atoms with van der Waals surface area (Å²) in [5, 5.41) is 25.4. The third-order valence-electron chi connectivity index (χ3n) is 4.91. The number of azo groups is 1. The number of nitriles is 1. The maximum atomic E-state index is 12.7. The Labute approximate surface area is 216 Å². The molecule has 0 radical (unpaired) electrons. The summed E-state index contributed by atoms with van der Waals surface area (Å²) in [6.45, 7) is 0. The van der Waals surface area contributed by atoms with Gasteiger partial charge in [-0.2, -0.15) is 10.4 Å². The quantitative estimate of drug-likeness (QED) is 0.157. The fourth-order valence-electron chi connectivity index (χ4n) is 3.04. The van der Waals surface area contributed by atoms with Crippen molar-refractivity contribution in [2.75, 3.05) is 25.0 Å². The lowest BCUT2D eigenvalue weighted by atomic mass is 10.2. The van der Waals surface area contributed by atoms with E-state index in [0.29, 0.717) is 33.6 Å². The van der Waals surface area contributed by atoms with Crippen molar-refractivity contribution < 1.29 is 14.3 Å². The number of anilines is 2. The maximum absolute atomic E-state index is 12.7. The van der Waals surface area contributed by atoms with Gasteiger partial charge in [-0.1, -0.05) is 41.7 Å². The van der Waals surface area contributed by atoms with Crippen molar-refractivity contribution in [2.45, 2.75) is 0 Å². The molecule has 0 aliphatic rings. The number of amides is 1. The van der Waals surface area contributed by atoms with E-state index in [4.69, 9.17) is 9.47 Å². The van der Waals surface area contributed by atoms with Gasteiger partial charge in [-0.3, -0.25) is 15.5 Å². The van der Waals surface area contributed by atoms with Crippen molar-refractivity contribution in [3.63, 3.8) is 0 Å². The van der Waals surface area contributed by atoms with Gasteiger partial charge in [0.05, 0.1) is 25.6 Å². The first-order valence-corrected chi connectivity index (χ1v) is 11.7. The number of methoxy groups -OCH3 is 2. The minimum absolute atomic E-state index is 0.250. The molecule has 4 aromatic rings. The Hall–Kier alpha value is -5.08. The lowest BCUT2D eigenvalue weighted by Crippen LogP contribution is -2.22. The number of hydrogen-bond donors (Lipinski definition) is 2. The predicted octanol–water partition coefficient (Wildman–Crippen LogP) is 6.17. The van der Waals surface area contributed by atoms with Gasteiger partial charge in [0, 0.05) is 5.56 Å². The highest BCUT2D eigenvalue weighted by molar-refractivity contribution is 7.20. The van der Waals surface area contributed by atoms with Crippen LogP contribution in [0.4, 0.5) is 21.5 Å². The molecular weight excluding hydrogens is 490 g/mol. The smallest absolute Gasteiger partial charge is 0.288 e. The second kappa shape index (κ2) is 12.1. The van der Waals surface area contributed by atoms with Gasteiger partial charge in [-0.05, 0) is 48.5 Å². The Bertz CT molecular complexity index is 1460. The molecule has 0 unspecified atom stereocenters. The van der Waals surface area contributed by atoms with Crippen LogP contribution in [0.3, 0.4) is 0 Å². The van der Waals surface area contributed by atoms with E-state index in [1.807, 2.05) is 30.3 Å². The van der Waals surface area contributed by atoms with Crippen molar-refractivity contribution in [3.05, 3.63) is 78.9 Å². The Morgan fingerprint density at radius 1 is 0.919 bits per heavy atom. The van der Waals surface area contributed by atoms with Crippen LogP contribution in [0, 0.1) is 11.3 Å². The summed E-state index contributed by atoms with van der Waals surface area (Å²) in [5.41, 5.74) is 4.89. The first-order valence-electron chi connectivity index (χ1n) is 10.9. The highest BCUT2D eigenvalue weighted by Crippen LogP contribution is 2.39. The number of nitrogens with zero attached hydrogens (tertiary/aromatic N) is 5. The summed E-state index contributed by atoms with van der Waals surface area (Å²) in [6, 6.07) is 25.2. The number of carbonyl (C=O) groups is 1. The van der Waals surface area contributed by atoms with E-state index >= 15 is 0 Å². The maximum Gasteiger partial charge on any atom is 0.288 e. The van der Waals surface area contributed by atoms with Crippen LogP contribution in [0.2, 0.25) is 0 Å². The molecule has 1 heterocycles. The molecule has 37 heavy (non-hydrogen) atoms. The normalized spacial score (nSPS) is 11.1. The lowest BCUT2D eigenvalue weighted by molar-refractivity contribution is -0.110. The Balaban J connectivity index is 1.55. The molecule has 0 aliphatic carbocycles. The molecule has 0 aliphatic heterocycles. The van der Waals surface area contributed by atoms with Gasteiger partial charge < -0.3 is 9.47 Å². The van der Waals surface area contributed by atoms with Crippen LogP contribution in [0.1, 0.15) is 0 Å². The molecule has 0 spiro atoms. The number of benzene rings is 3. The molecule has 0 bridgehead atoms. The summed E-state index contributed by atoms with van der Waals surface area (Å²) in [6.07, 6.45) is 0. The van der Waals surface area contributed by atoms with E-state index in [9.17, 15) is 10.1 Å². The Morgan fingerprint density at radius 2 is 1.57 bits per heavy atom. The number of thiazole rings is 1. The van der Waals surface area contributed by atoms with Crippen molar-refractivity contribution in [1.82, 2.24) is 4.98 Å². The van der Waals surface area contributed by atoms with E-state index in [0.717, 1.165) is 16.9 Å². The summed E-state index contributed by atoms with van der Waals surface area (Å²) in [4.78, 5) is 17.3. The molecule has 4 rings (SSSR count). The molecule has 3 aromatic carbocycles. The Kier molecular flexibility index (Phi) is 8.15. The number of carbonyl (C=O) groups excluding carboxylic acids is 1.